The summed E-state index contributed by atoms with van der Waals surface area (Å²) < 4.78 is 43.1. The van der Waals surface area contributed by atoms with Gasteiger partial charge in [0, 0.05) is 18.7 Å². The summed E-state index contributed by atoms with van der Waals surface area (Å²) in [6.45, 7) is 0.454. The first-order chi connectivity index (χ1) is 7.88. The van der Waals surface area contributed by atoms with Gasteiger partial charge in [0.25, 0.3) is 0 Å². The number of ether oxygens (including phenoxy) is 1. The average molecular weight is 247 g/mol. The molecule has 0 unspecified atom stereocenters. The molecule has 2 rings (SSSR count). The van der Waals surface area contributed by atoms with Crippen LogP contribution in [-0.4, -0.2) is 25.3 Å². The van der Waals surface area contributed by atoms with Gasteiger partial charge in [-0.05, 0) is 6.07 Å². The van der Waals surface area contributed by atoms with Crippen molar-refractivity contribution in [3.63, 3.8) is 0 Å². The van der Waals surface area contributed by atoms with Crippen molar-refractivity contribution < 1.29 is 23.0 Å². The molecule has 1 aliphatic rings. The first-order valence-corrected chi connectivity index (χ1v) is 5.06. The quantitative estimate of drug-likeness (QED) is 0.832. The van der Waals surface area contributed by atoms with Crippen molar-refractivity contribution in [1.82, 2.24) is 5.32 Å². The van der Waals surface area contributed by atoms with E-state index in [9.17, 15) is 18.3 Å². The first-order valence-electron chi connectivity index (χ1n) is 5.06. The Morgan fingerprint density at radius 1 is 1.35 bits per heavy atom. The predicted molar refractivity (Wildman–Crippen MR) is 54.8 cm³/mol. The maximum absolute atomic E-state index is 12.7. The zero-order chi connectivity index (χ0) is 12.7. The van der Waals surface area contributed by atoms with Gasteiger partial charge in [-0.1, -0.05) is 12.1 Å². The molecule has 1 fully saturated rings. The molecule has 1 aromatic rings. The van der Waals surface area contributed by atoms with E-state index in [2.05, 4.69) is 5.32 Å². The fraction of sp³-hybridized carbons (Fsp3) is 0.455. The van der Waals surface area contributed by atoms with Crippen LogP contribution in [0.5, 0.6) is 5.75 Å². The second-order valence-corrected chi connectivity index (χ2v) is 4.02. The number of hydrogen-bond donors (Lipinski definition) is 2. The minimum Gasteiger partial charge on any atom is -0.496 e. The van der Waals surface area contributed by atoms with Crippen LogP contribution < -0.4 is 10.1 Å². The highest BCUT2D eigenvalue weighted by Crippen LogP contribution is 2.42. The molecule has 94 valence electrons. The summed E-state index contributed by atoms with van der Waals surface area (Å²) in [7, 11) is 1.17. The lowest BCUT2D eigenvalue weighted by atomic mass is 9.86. The molecule has 6 heteroatoms. The standard InChI is InChI=1S/C11H12F3NO2/c1-17-9-7(10(16)5-15-6-10)3-2-4-8(9)11(12,13)14/h2-4,15-16H,5-6H2,1H3. The second-order valence-electron chi connectivity index (χ2n) is 4.02. The fourth-order valence-electron chi connectivity index (χ4n) is 1.90. The summed E-state index contributed by atoms with van der Waals surface area (Å²) in [6, 6.07) is 3.67. The molecule has 1 aliphatic heterocycles. The maximum atomic E-state index is 12.7. The molecule has 0 aromatic heterocycles. The number of halogens is 3. The Bertz CT molecular complexity index is 427. The highest BCUT2D eigenvalue weighted by atomic mass is 19.4. The number of hydrogen-bond acceptors (Lipinski definition) is 3. The van der Waals surface area contributed by atoms with Gasteiger partial charge < -0.3 is 15.2 Å². The first kappa shape index (κ1) is 12.2. The SMILES string of the molecule is COc1c(C(F)(F)F)cccc1C1(O)CNC1. The molecular weight excluding hydrogens is 235 g/mol. The highest BCUT2D eigenvalue weighted by Gasteiger charge is 2.42. The van der Waals surface area contributed by atoms with Crippen molar-refractivity contribution in [3.05, 3.63) is 29.3 Å². The topological polar surface area (TPSA) is 41.5 Å². The molecule has 1 heterocycles. The van der Waals surface area contributed by atoms with Gasteiger partial charge in [-0.3, -0.25) is 0 Å². The lowest BCUT2D eigenvalue weighted by Gasteiger charge is -2.39. The molecule has 3 nitrogen and oxygen atoms in total. The van der Waals surface area contributed by atoms with E-state index >= 15 is 0 Å². The van der Waals surface area contributed by atoms with Crippen molar-refractivity contribution in [2.24, 2.45) is 0 Å². The molecular formula is C11H12F3NO2. The van der Waals surface area contributed by atoms with Gasteiger partial charge in [0.05, 0.1) is 12.7 Å². The van der Waals surface area contributed by atoms with Crippen LogP contribution in [0.15, 0.2) is 18.2 Å². The Kier molecular flexibility index (Phi) is 2.79. The number of para-hydroxylation sites is 1. The Morgan fingerprint density at radius 3 is 2.41 bits per heavy atom. The third-order valence-corrected chi connectivity index (χ3v) is 2.86. The predicted octanol–water partition coefficient (Wildman–Crippen LogP) is 1.50. The smallest absolute Gasteiger partial charge is 0.419 e. The summed E-state index contributed by atoms with van der Waals surface area (Å²) in [5.41, 5.74) is -1.96. The minimum atomic E-state index is -4.49. The Balaban J connectivity index is 2.54. The van der Waals surface area contributed by atoms with Crippen molar-refractivity contribution >= 4 is 0 Å². The number of nitrogens with one attached hydrogen (secondary N) is 1. The van der Waals surface area contributed by atoms with E-state index < -0.39 is 17.3 Å². The van der Waals surface area contributed by atoms with E-state index in [1.165, 1.54) is 19.2 Å². The third-order valence-electron chi connectivity index (χ3n) is 2.86. The molecule has 0 amide bonds. The van der Waals surface area contributed by atoms with Gasteiger partial charge in [-0.25, -0.2) is 0 Å². The fourth-order valence-corrected chi connectivity index (χ4v) is 1.90. The maximum Gasteiger partial charge on any atom is 0.419 e. The van der Waals surface area contributed by atoms with E-state index in [0.29, 0.717) is 0 Å². The summed E-state index contributed by atoms with van der Waals surface area (Å²) in [5.74, 6) is -0.302. The molecule has 0 bridgehead atoms. The van der Waals surface area contributed by atoms with Gasteiger partial charge in [0.15, 0.2) is 0 Å². The number of aliphatic hydroxyl groups is 1. The van der Waals surface area contributed by atoms with Crippen molar-refractivity contribution in [1.29, 1.82) is 0 Å². The van der Waals surface area contributed by atoms with Crippen molar-refractivity contribution in [2.75, 3.05) is 20.2 Å². The third kappa shape index (κ3) is 1.98. The van der Waals surface area contributed by atoms with Crippen LogP contribution >= 0.6 is 0 Å². The Hall–Kier alpha value is -1.27. The van der Waals surface area contributed by atoms with Crippen molar-refractivity contribution in [2.45, 2.75) is 11.8 Å². The van der Waals surface area contributed by atoms with E-state index in [0.717, 1.165) is 6.07 Å². The van der Waals surface area contributed by atoms with Gasteiger partial charge >= 0.3 is 6.18 Å². The molecule has 1 saturated heterocycles. The van der Waals surface area contributed by atoms with Crippen LogP contribution in [0.4, 0.5) is 13.2 Å². The molecule has 2 N–H and O–H groups in total. The van der Waals surface area contributed by atoms with Crippen LogP contribution in [-0.2, 0) is 11.8 Å². The molecule has 0 atom stereocenters. The Morgan fingerprint density at radius 2 is 2.00 bits per heavy atom. The minimum absolute atomic E-state index is 0.175. The van der Waals surface area contributed by atoms with Crippen LogP contribution in [0.1, 0.15) is 11.1 Å². The average Bonchev–Trinajstić information content (AvgIpc) is 2.23. The number of rotatable bonds is 2. The molecule has 17 heavy (non-hydrogen) atoms. The van der Waals surface area contributed by atoms with E-state index in [1.807, 2.05) is 0 Å². The summed E-state index contributed by atoms with van der Waals surface area (Å²) >= 11 is 0. The monoisotopic (exact) mass is 247 g/mol. The van der Waals surface area contributed by atoms with Gasteiger partial charge in [-0.15, -0.1) is 0 Å². The van der Waals surface area contributed by atoms with Crippen LogP contribution in [0.3, 0.4) is 0 Å². The lowest BCUT2D eigenvalue weighted by molar-refractivity contribution is -0.139. The number of alkyl halides is 3. The number of benzene rings is 1. The Labute approximate surface area is 96.2 Å². The lowest BCUT2D eigenvalue weighted by Crippen LogP contribution is -2.56. The van der Waals surface area contributed by atoms with E-state index in [4.69, 9.17) is 4.74 Å². The normalized spacial score (nSPS) is 18.6. The molecule has 0 spiro atoms. The summed E-state index contributed by atoms with van der Waals surface area (Å²) in [5, 5.41) is 12.9. The van der Waals surface area contributed by atoms with Gasteiger partial charge in [0.2, 0.25) is 0 Å². The molecule has 0 radical (unpaired) electrons. The molecule has 0 saturated carbocycles. The number of methoxy groups -OCH3 is 1. The zero-order valence-electron chi connectivity index (χ0n) is 9.14. The molecule has 0 aliphatic carbocycles. The number of β-amino-alcohol motifs (C(OH)–C–C–N with tert-alkyl or cyclic N) is 1. The van der Waals surface area contributed by atoms with Crippen molar-refractivity contribution in [3.8, 4) is 5.75 Å². The van der Waals surface area contributed by atoms with Gasteiger partial charge in [-0.2, -0.15) is 13.2 Å². The van der Waals surface area contributed by atoms with Gasteiger partial charge in [0.1, 0.15) is 11.4 Å². The largest absolute Gasteiger partial charge is 0.496 e. The van der Waals surface area contributed by atoms with E-state index in [1.54, 1.807) is 0 Å². The summed E-state index contributed by atoms with van der Waals surface area (Å²) in [6.07, 6.45) is -4.49. The molecule has 1 aromatic carbocycles. The van der Waals surface area contributed by atoms with Crippen LogP contribution in [0.25, 0.3) is 0 Å². The zero-order valence-corrected chi connectivity index (χ0v) is 9.14. The van der Waals surface area contributed by atoms with Crippen LogP contribution in [0, 0.1) is 0 Å². The summed E-state index contributed by atoms with van der Waals surface area (Å²) in [4.78, 5) is 0. The second kappa shape index (κ2) is 3.89. The highest BCUT2D eigenvalue weighted by molar-refractivity contribution is 5.47. The van der Waals surface area contributed by atoms with E-state index in [-0.39, 0.29) is 24.4 Å². The van der Waals surface area contributed by atoms with Crippen LogP contribution in [0.2, 0.25) is 0 Å².